The van der Waals surface area contributed by atoms with Crippen molar-refractivity contribution in [3.8, 4) is 0 Å². The Balaban J connectivity index is 1.56. The van der Waals surface area contributed by atoms with E-state index in [0.717, 1.165) is 27.8 Å². The number of hydrogen-bond acceptors (Lipinski definition) is 2. The Labute approximate surface area is 179 Å². The molecule has 0 saturated carbocycles. The number of allylic oxidation sites excluding steroid dienone is 2. The molecule has 3 aromatic carbocycles. The number of amides is 1. The molecule has 5 heteroatoms. The van der Waals surface area contributed by atoms with Crippen LogP contribution in [0.15, 0.2) is 78.9 Å². The number of carbonyl (C=O) groups excluding carboxylic acids is 1. The number of nitrogens with one attached hydrogen (secondary N) is 1. The van der Waals surface area contributed by atoms with Gasteiger partial charge in [0.15, 0.2) is 0 Å². The van der Waals surface area contributed by atoms with E-state index in [0.29, 0.717) is 12.1 Å². The van der Waals surface area contributed by atoms with E-state index < -0.39 is 5.97 Å². The Morgan fingerprint density at radius 1 is 0.935 bits per heavy atom. The number of hydrogen-bond donors (Lipinski definition) is 2. The molecule has 4 nitrogen and oxygen atoms in total. The van der Waals surface area contributed by atoms with Gasteiger partial charge in [0.2, 0.25) is 5.91 Å². The molecule has 0 radical (unpaired) electrons. The van der Waals surface area contributed by atoms with Gasteiger partial charge < -0.3 is 10.4 Å². The van der Waals surface area contributed by atoms with Gasteiger partial charge in [-0.1, -0.05) is 48.5 Å². The first-order valence-corrected chi connectivity index (χ1v) is 9.86. The topological polar surface area (TPSA) is 66.4 Å². The lowest BCUT2D eigenvalue weighted by Gasteiger charge is -2.08. The van der Waals surface area contributed by atoms with Crippen LogP contribution in [0.4, 0.5) is 4.39 Å². The van der Waals surface area contributed by atoms with Gasteiger partial charge in [0, 0.05) is 6.54 Å². The molecule has 0 heterocycles. The summed E-state index contributed by atoms with van der Waals surface area (Å²) in [5.41, 5.74) is 5.17. The molecule has 1 aliphatic carbocycles. The van der Waals surface area contributed by atoms with Gasteiger partial charge in [0.05, 0.1) is 12.0 Å². The Morgan fingerprint density at radius 2 is 1.68 bits per heavy atom. The Bertz CT molecular complexity index is 1200. The quantitative estimate of drug-likeness (QED) is 0.586. The van der Waals surface area contributed by atoms with Crippen molar-refractivity contribution in [3.63, 3.8) is 0 Å². The van der Waals surface area contributed by atoms with Gasteiger partial charge in [-0.25, -0.2) is 9.18 Å². The maximum absolute atomic E-state index is 13.9. The zero-order chi connectivity index (χ0) is 21.8. The molecule has 154 valence electrons. The zero-order valence-electron chi connectivity index (χ0n) is 16.6. The number of carbonyl (C=O) groups is 2. The van der Waals surface area contributed by atoms with Crippen LogP contribution in [-0.2, 0) is 11.3 Å². The normalized spacial score (nSPS) is 13.6. The van der Waals surface area contributed by atoms with Gasteiger partial charge in [-0.05, 0) is 69.8 Å². The number of fused-ring (bicyclic) bond motifs is 1. The molecule has 31 heavy (non-hydrogen) atoms. The van der Waals surface area contributed by atoms with E-state index in [9.17, 15) is 14.0 Å². The van der Waals surface area contributed by atoms with Crippen LogP contribution in [0.1, 0.15) is 39.0 Å². The summed E-state index contributed by atoms with van der Waals surface area (Å²) in [4.78, 5) is 23.6. The zero-order valence-corrected chi connectivity index (χ0v) is 16.6. The highest BCUT2D eigenvalue weighted by Crippen LogP contribution is 2.38. The molecule has 0 bridgehead atoms. The minimum Gasteiger partial charge on any atom is -0.478 e. The third-order valence-corrected chi connectivity index (χ3v) is 5.13. The van der Waals surface area contributed by atoms with Crippen LogP contribution in [0.3, 0.4) is 0 Å². The third-order valence-electron chi connectivity index (χ3n) is 5.13. The number of aromatic carboxylic acids is 1. The first kappa shape index (κ1) is 20.3. The molecule has 2 N–H and O–H groups in total. The molecule has 1 aliphatic rings. The number of benzene rings is 3. The fourth-order valence-electron chi connectivity index (χ4n) is 3.58. The molecule has 0 atom stereocenters. The van der Waals surface area contributed by atoms with E-state index >= 15 is 0 Å². The molecule has 4 rings (SSSR count). The molecule has 1 amide bonds. The smallest absolute Gasteiger partial charge is 0.335 e. The standard InChI is InChI=1S/C26H20FNO3/c27-22-10-11-23-20(12-17-6-8-19(9-7-17)26(30)31)13-21(24(23)15-22)14-25(29)28-16-18-4-2-1-3-5-18/h1-13,15H,14,16H2,(H,28,29)(H,30,31)/b20-12+. The summed E-state index contributed by atoms with van der Waals surface area (Å²) in [5.74, 6) is -1.48. The first-order valence-electron chi connectivity index (χ1n) is 9.86. The third kappa shape index (κ3) is 4.78. The van der Waals surface area contributed by atoms with Crippen LogP contribution in [-0.4, -0.2) is 17.0 Å². The summed E-state index contributed by atoms with van der Waals surface area (Å²) in [7, 11) is 0. The molecule has 0 aliphatic heterocycles. The molecule has 0 fully saturated rings. The van der Waals surface area contributed by atoms with E-state index in [2.05, 4.69) is 5.32 Å². The van der Waals surface area contributed by atoms with Crippen molar-refractivity contribution in [1.82, 2.24) is 5.32 Å². The van der Waals surface area contributed by atoms with Crippen molar-refractivity contribution in [2.24, 2.45) is 0 Å². The van der Waals surface area contributed by atoms with Gasteiger partial charge in [-0.15, -0.1) is 0 Å². The Kier molecular flexibility index (Phi) is 5.76. The molecule has 0 aromatic heterocycles. The monoisotopic (exact) mass is 413 g/mol. The van der Waals surface area contributed by atoms with E-state index in [1.165, 1.54) is 24.3 Å². The second kappa shape index (κ2) is 8.79. The van der Waals surface area contributed by atoms with Crippen molar-refractivity contribution in [2.45, 2.75) is 13.0 Å². The first-order chi connectivity index (χ1) is 15.0. The lowest BCUT2D eigenvalue weighted by molar-refractivity contribution is -0.120. The van der Waals surface area contributed by atoms with Crippen molar-refractivity contribution < 1.29 is 19.1 Å². The van der Waals surface area contributed by atoms with Gasteiger partial charge in [-0.3, -0.25) is 4.79 Å². The highest BCUT2D eigenvalue weighted by Gasteiger charge is 2.21. The fraction of sp³-hybridized carbons (Fsp3) is 0.0769. The van der Waals surface area contributed by atoms with Crippen molar-refractivity contribution in [1.29, 1.82) is 0 Å². The van der Waals surface area contributed by atoms with Crippen LogP contribution < -0.4 is 5.32 Å². The number of rotatable bonds is 6. The fourth-order valence-corrected chi connectivity index (χ4v) is 3.58. The SMILES string of the molecule is O=C(CC1=C/C(=C\c2ccc(C(=O)O)cc2)c2ccc(F)cc21)NCc1ccccc1. The van der Waals surface area contributed by atoms with E-state index in [-0.39, 0.29) is 23.7 Å². The Hall–Kier alpha value is -3.99. The maximum atomic E-state index is 13.9. The molecular weight excluding hydrogens is 393 g/mol. The highest BCUT2D eigenvalue weighted by atomic mass is 19.1. The lowest BCUT2D eigenvalue weighted by atomic mass is 10.0. The van der Waals surface area contributed by atoms with Crippen molar-refractivity contribution in [2.75, 3.05) is 0 Å². The van der Waals surface area contributed by atoms with Crippen molar-refractivity contribution >= 4 is 29.1 Å². The highest BCUT2D eigenvalue weighted by molar-refractivity contribution is 6.05. The van der Waals surface area contributed by atoms with E-state index in [1.54, 1.807) is 18.2 Å². The van der Waals surface area contributed by atoms with Crippen LogP contribution in [0.25, 0.3) is 17.2 Å². The number of carboxylic acid groups (broad SMARTS) is 1. The second-order valence-corrected chi connectivity index (χ2v) is 7.33. The largest absolute Gasteiger partial charge is 0.478 e. The van der Waals surface area contributed by atoms with E-state index in [4.69, 9.17) is 5.11 Å². The average Bonchev–Trinajstić information content (AvgIpc) is 3.09. The predicted octanol–water partition coefficient (Wildman–Crippen LogP) is 5.17. The summed E-state index contributed by atoms with van der Waals surface area (Å²) in [6, 6.07) is 20.7. The van der Waals surface area contributed by atoms with Crippen molar-refractivity contribution in [3.05, 3.63) is 113 Å². The van der Waals surface area contributed by atoms with Crippen LogP contribution in [0.5, 0.6) is 0 Å². The average molecular weight is 413 g/mol. The summed E-state index contributed by atoms with van der Waals surface area (Å²) in [5, 5.41) is 12.0. The maximum Gasteiger partial charge on any atom is 0.335 e. The molecule has 0 saturated heterocycles. The summed E-state index contributed by atoms with van der Waals surface area (Å²) >= 11 is 0. The predicted molar refractivity (Wildman–Crippen MR) is 119 cm³/mol. The van der Waals surface area contributed by atoms with Crippen LogP contribution in [0, 0.1) is 5.82 Å². The second-order valence-electron chi connectivity index (χ2n) is 7.33. The molecular formula is C26H20FNO3. The lowest BCUT2D eigenvalue weighted by Crippen LogP contribution is -2.22. The Morgan fingerprint density at radius 3 is 2.39 bits per heavy atom. The number of halogens is 1. The van der Waals surface area contributed by atoms with Gasteiger partial charge in [-0.2, -0.15) is 0 Å². The van der Waals surface area contributed by atoms with Gasteiger partial charge >= 0.3 is 5.97 Å². The molecule has 0 spiro atoms. The minimum atomic E-state index is -0.982. The molecule has 3 aromatic rings. The van der Waals surface area contributed by atoms with Crippen LogP contribution >= 0.6 is 0 Å². The summed E-state index contributed by atoms with van der Waals surface area (Å²) < 4.78 is 13.9. The van der Waals surface area contributed by atoms with Gasteiger partial charge in [0.1, 0.15) is 5.82 Å². The van der Waals surface area contributed by atoms with Gasteiger partial charge in [0.25, 0.3) is 0 Å². The molecule has 0 unspecified atom stereocenters. The minimum absolute atomic E-state index is 0.137. The van der Waals surface area contributed by atoms with Crippen LogP contribution in [0.2, 0.25) is 0 Å². The summed E-state index contributed by atoms with van der Waals surface area (Å²) in [6.45, 7) is 0.432. The summed E-state index contributed by atoms with van der Waals surface area (Å²) in [6.07, 6.45) is 3.92. The van der Waals surface area contributed by atoms with E-state index in [1.807, 2.05) is 42.5 Å². The number of carboxylic acids is 1.